The highest BCUT2D eigenvalue weighted by molar-refractivity contribution is 5.79. The Kier molecular flexibility index (Phi) is 6.35. The number of aromatic nitrogens is 2. The Morgan fingerprint density at radius 2 is 1.91 bits per heavy atom. The molecule has 6 heteroatoms. The molecule has 0 fully saturated rings. The second-order valence-corrected chi connectivity index (χ2v) is 5.31. The van der Waals surface area contributed by atoms with Crippen LogP contribution in [0.4, 0.5) is 5.82 Å². The minimum atomic E-state index is 0.630. The number of aliphatic imine (C=N–C) groups is 1. The largest absolute Gasteiger partial charge is 0.363 e. The van der Waals surface area contributed by atoms with E-state index in [0.717, 1.165) is 36.1 Å². The van der Waals surface area contributed by atoms with Gasteiger partial charge in [-0.25, -0.2) is 4.98 Å². The molecule has 0 aliphatic rings. The fraction of sp³-hybridized carbons (Fsp3) is 0.353. The minimum Gasteiger partial charge on any atom is -0.363 e. The Balaban J connectivity index is 1.80. The highest BCUT2D eigenvalue weighted by atomic mass is 15.2. The van der Waals surface area contributed by atoms with Gasteiger partial charge in [0.15, 0.2) is 5.96 Å². The van der Waals surface area contributed by atoms with Gasteiger partial charge in [0.1, 0.15) is 5.82 Å². The summed E-state index contributed by atoms with van der Waals surface area (Å²) in [6.07, 6.45) is 2.67. The number of rotatable bonds is 6. The van der Waals surface area contributed by atoms with E-state index in [9.17, 15) is 0 Å². The average molecular weight is 312 g/mol. The SMILES string of the molecule is CN=C(NCCc1ccccn1)NCc1cccc(N(C)C)n1. The van der Waals surface area contributed by atoms with Crippen LogP contribution in [0.15, 0.2) is 47.6 Å². The summed E-state index contributed by atoms with van der Waals surface area (Å²) >= 11 is 0. The van der Waals surface area contributed by atoms with Crippen LogP contribution < -0.4 is 15.5 Å². The number of hydrogen-bond acceptors (Lipinski definition) is 4. The minimum absolute atomic E-state index is 0.630. The molecule has 2 heterocycles. The molecule has 0 saturated carbocycles. The second-order valence-electron chi connectivity index (χ2n) is 5.31. The van der Waals surface area contributed by atoms with Crippen molar-refractivity contribution < 1.29 is 0 Å². The average Bonchev–Trinajstić information content (AvgIpc) is 2.59. The van der Waals surface area contributed by atoms with Crippen LogP contribution in [0, 0.1) is 0 Å². The van der Waals surface area contributed by atoms with Crippen molar-refractivity contribution in [2.75, 3.05) is 32.6 Å². The maximum absolute atomic E-state index is 4.58. The zero-order valence-electron chi connectivity index (χ0n) is 14.0. The molecule has 2 aromatic heterocycles. The fourth-order valence-electron chi connectivity index (χ4n) is 2.06. The molecule has 2 rings (SSSR count). The van der Waals surface area contributed by atoms with Crippen molar-refractivity contribution >= 4 is 11.8 Å². The third-order valence-corrected chi connectivity index (χ3v) is 3.31. The van der Waals surface area contributed by atoms with Gasteiger partial charge in [-0.15, -0.1) is 0 Å². The molecule has 6 nitrogen and oxygen atoms in total. The van der Waals surface area contributed by atoms with E-state index >= 15 is 0 Å². The molecule has 0 aliphatic carbocycles. The van der Waals surface area contributed by atoms with Crippen molar-refractivity contribution in [3.05, 3.63) is 54.0 Å². The summed E-state index contributed by atoms with van der Waals surface area (Å²) in [6.45, 7) is 1.41. The van der Waals surface area contributed by atoms with E-state index in [1.807, 2.05) is 61.6 Å². The Bertz CT molecular complexity index is 624. The van der Waals surface area contributed by atoms with E-state index in [-0.39, 0.29) is 0 Å². The lowest BCUT2D eigenvalue weighted by Crippen LogP contribution is -2.38. The van der Waals surface area contributed by atoms with Crippen LogP contribution in [0.25, 0.3) is 0 Å². The third-order valence-electron chi connectivity index (χ3n) is 3.31. The third kappa shape index (κ3) is 5.58. The van der Waals surface area contributed by atoms with Crippen LogP contribution in [-0.2, 0) is 13.0 Å². The summed E-state index contributed by atoms with van der Waals surface area (Å²) in [7, 11) is 5.73. The van der Waals surface area contributed by atoms with Crippen LogP contribution in [0.1, 0.15) is 11.4 Å². The number of pyridine rings is 2. The smallest absolute Gasteiger partial charge is 0.191 e. The van der Waals surface area contributed by atoms with Crippen molar-refractivity contribution in [1.82, 2.24) is 20.6 Å². The highest BCUT2D eigenvalue weighted by Crippen LogP contribution is 2.07. The van der Waals surface area contributed by atoms with Gasteiger partial charge in [-0.1, -0.05) is 12.1 Å². The van der Waals surface area contributed by atoms with Crippen molar-refractivity contribution in [2.45, 2.75) is 13.0 Å². The molecule has 122 valence electrons. The maximum Gasteiger partial charge on any atom is 0.191 e. The quantitative estimate of drug-likeness (QED) is 0.624. The highest BCUT2D eigenvalue weighted by Gasteiger charge is 2.02. The zero-order valence-corrected chi connectivity index (χ0v) is 14.0. The second kappa shape index (κ2) is 8.73. The zero-order chi connectivity index (χ0) is 16.5. The normalized spacial score (nSPS) is 11.2. The maximum atomic E-state index is 4.58. The van der Waals surface area contributed by atoms with Gasteiger partial charge in [0.2, 0.25) is 0 Å². The molecule has 0 spiro atoms. The summed E-state index contributed by atoms with van der Waals surface area (Å²) in [5.41, 5.74) is 2.04. The molecule has 0 atom stereocenters. The van der Waals surface area contributed by atoms with Crippen LogP contribution in [0.3, 0.4) is 0 Å². The molecule has 2 N–H and O–H groups in total. The van der Waals surface area contributed by atoms with E-state index in [0.29, 0.717) is 6.54 Å². The van der Waals surface area contributed by atoms with Crippen LogP contribution in [0.5, 0.6) is 0 Å². The Hall–Kier alpha value is -2.63. The van der Waals surface area contributed by atoms with Gasteiger partial charge < -0.3 is 15.5 Å². The summed E-state index contributed by atoms with van der Waals surface area (Å²) < 4.78 is 0. The van der Waals surface area contributed by atoms with Crippen LogP contribution in [-0.4, -0.2) is 43.6 Å². The molecule has 2 aromatic rings. The van der Waals surface area contributed by atoms with E-state index < -0.39 is 0 Å². The molecule has 0 amide bonds. The van der Waals surface area contributed by atoms with Gasteiger partial charge >= 0.3 is 0 Å². The first kappa shape index (κ1) is 16.7. The molecular formula is C17H24N6. The Morgan fingerprint density at radius 1 is 1.09 bits per heavy atom. The van der Waals surface area contributed by atoms with Crippen molar-refractivity contribution in [3.8, 4) is 0 Å². The molecular weight excluding hydrogens is 288 g/mol. The van der Waals surface area contributed by atoms with Crippen LogP contribution >= 0.6 is 0 Å². The van der Waals surface area contributed by atoms with Gasteiger partial charge in [-0.3, -0.25) is 9.98 Å². The van der Waals surface area contributed by atoms with Crippen molar-refractivity contribution in [3.63, 3.8) is 0 Å². The first-order chi connectivity index (χ1) is 11.2. The van der Waals surface area contributed by atoms with Gasteiger partial charge in [0.05, 0.1) is 12.2 Å². The number of guanidine groups is 1. The van der Waals surface area contributed by atoms with E-state index in [1.54, 1.807) is 7.05 Å². The van der Waals surface area contributed by atoms with E-state index in [1.165, 1.54) is 0 Å². The van der Waals surface area contributed by atoms with E-state index in [4.69, 9.17) is 0 Å². The molecule has 0 unspecified atom stereocenters. The lowest BCUT2D eigenvalue weighted by molar-refractivity contribution is 0.774. The molecule has 0 bridgehead atoms. The first-order valence-corrected chi connectivity index (χ1v) is 7.66. The number of nitrogens with zero attached hydrogens (tertiary/aromatic N) is 4. The van der Waals surface area contributed by atoms with Gasteiger partial charge in [-0.05, 0) is 24.3 Å². The van der Waals surface area contributed by atoms with E-state index in [2.05, 4.69) is 25.6 Å². The number of nitrogens with one attached hydrogen (secondary N) is 2. The summed E-state index contributed by atoms with van der Waals surface area (Å²) in [4.78, 5) is 15.1. The monoisotopic (exact) mass is 312 g/mol. The molecule has 0 radical (unpaired) electrons. The Labute approximate surface area is 137 Å². The topological polar surface area (TPSA) is 65.4 Å². The molecule has 0 aromatic carbocycles. The fourth-order valence-corrected chi connectivity index (χ4v) is 2.06. The predicted molar refractivity (Wildman–Crippen MR) is 94.7 cm³/mol. The Morgan fingerprint density at radius 3 is 2.61 bits per heavy atom. The number of anilines is 1. The van der Waals surface area contributed by atoms with Crippen molar-refractivity contribution in [2.24, 2.45) is 4.99 Å². The van der Waals surface area contributed by atoms with Crippen molar-refractivity contribution in [1.29, 1.82) is 0 Å². The lowest BCUT2D eigenvalue weighted by atomic mass is 10.3. The molecule has 0 aliphatic heterocycles. The first-order valence-electron chi connectivity index (χ1n) is 7.66. The van der Waals surface area contributed by atoms with Gasteiger partial charge in [0, 0.05) is 46.0 Å². The van der Waals surface area contributed by atoms with Crippen LogP contribution in [0.2, 0.25) is 0 Å². The van der Waals surface area contributed by atoms with Gasteiger partial charge in [0.25, 0.3) is 0 Å². The summed E-state index contributed by atoms with van der Waals surface area (Å²) in [6, 6.07) is 11.9. The summed E-state index contributed by atoms with van der Waals surface area (Å²) in [5.74, 6) is 1.71. The number of hydrogen-bond donors (Lipinski definition) is 2. The molecule has 23 heavy (non-hydrogen) atoms. The summed E-state index contributed by atoms with van der Waals surface area (Å²) in [5, 5.41) is 6.56. The molecule has 0 saturated heterocycles. The lowest BCUT2D eigenvalue weighted by Gasteiger charge is -2.14. The predicted octanol–water partition coefficient (Wildman–Crippen LogP) is 1.45. The van der Waals surface area contributed by atoms with Gasteiger partial charge in [-0.2, -0.15) is 0 Å². The standard InChI is InChI=1S/C17H24N6/c1-18-17(20-12-10-14-7-4-5-11-19-14)21-13-15-8-6-9-16(22-15)23(2)3/h4-9,11H,10,12-13H2,1-3H3,(H2,18,20,21).